The quantitative estimate of drug-likeness (QED) is 0.793. The summed E-state index contributed by atoms with van der Waals surface area (Å²) in [5.41, 5.74) is 1.51. The summed E-state index contributed by atoms with van der Waals surface area (Å²) >= 11 is 0. The highest BCUT2D eigenvalue weighted by Crippen LogP contribution is 2.25. The highest BCUT2D eigenvalue weighted by Gasteiger charge is 2.31. The van der Waals surface area contributed by atoms with E-state index >= 15 is 0 Å². The summed E-state index contributed by atoms with van der Waals surface area (Å²) in [6.07, 6.45) is 7.94. The number of imidazole rings is 1. The van der Waals surface area contributed by atoms with Crippen molar-refractivity contribution in [2.45, 2.75) is 31.8 Å². The molecule has 1 aromatic heterocycles. The summed E-state index contributed by atoms with van der Waals surface area (Å²) in [6, 6.07) is 10.7. The smallest absolute Gasteiger partial charge is 0.0946 e. The van der Waals surface area contributed by atoms with Crippen LogP contribution in [-0.2, 0) is 13.0 Å². The van der Waals surface area contributed by atoms with Gasteiger partial charge >= 0.3 is 0 Å². The van der Waals surface area contributed by atoms with Gasteiger partial charge < -0.3 is 9.47 Å². The number of aromatic nitrogens is 2. The summed E-state index contributed by atoms with van der Waals surface area (Å²) in [6.45, 7) is 3.23. The van der Waals surface area contributed by atoms with Gasteiger partial charge in [-0.05, 0) is 32.5 Å². The zero-order valence-electron chi connectivity index (χ0n) is 12.1. The molecule has 0 amide bonds. The molecule has 0 aliphatic carbocycles. The summed E-state index contributed by atoms with van der Waals surface area (Å²) in [5.74, 6) is 0. The summed E-state index contributed by atoms with van der Waals surface area (Å²) in [7, 11) is 4.34. The molecule has 102 valence electrons. The highest BCUT2D eigenvalue weighted by molar-refractivity contribution is 5.18. The lowest BCUT2D eigenvalue weighted by atomic mass is 9.86. The van der Waals surface area contributed by atoms with Crippen molar-refractivity contribution in [3.8, 4) is 0 Å². The van der Waals surface area contributed by atoms with Crippen molar-refractivity contribution in [2.75, 3.05) is 14.1 Å². The maximum atomic E-state index is 4.15. The number of benzene rings is 1. The predicted molar refractivity (Wildman–Crippen MR) is 79.1 cm³/mol. The lowest BCUT2D eigenvalue weighted by molar-refractivity contribution is 0.121. The van der Waals surface area contributed by atoms with Gasteiger partial charge in [-0.3, -0.25) is 0 Å². The molecule has 0 radical (unpaired) electrons. The maximum absolute atomic E-state index is 4.15. The van der Waals surface area contributed by atoms with Gasteiger partial charge in [0.1, 0.15) is 0 Å². The topological polar surface area (TPSA) is 21.1 Å². The zero-order chi connectivity index (χ0) is 13.7. The van der Waals surface area contributed by atoms with E-state index in [0.717, 1.165) is 19.4 Å². The van der Waals surface area contributed by atoms with Gasteiger partial charge in [-0.15, -0.1) is 0 Å². The van der Waals surface area contributed by atoms with Gasteiger partial charge in [0.05, 0.1) is 6.33 Å². The summed E-state index contributed by atoms with van der Waals surface area (Å²) in [4.78, 5) is 6.50. The Morgan fingerprint density at radius 2 is 1.95 bits per heavy atom. The molecule has 2 rings (SSSR count). The van der Waals surface area contributed by atoms with E-state index < -0.39 is 0 Å². The van der Waals surface area contributed by atoms with Crippen molar-refractivity contribution in [3.05, 3.63) is 54.6 Å². The lowest BCUT2D eigenvalue weighted by Crippen LogP contribution is -2.49. The maximum Gasteiger partial charge on any atom is 0.0946 e. The first kappa shape index (κ1) is 13.8. The van der Waals surface area contributed by atoms with Gasteiger partial charge in [0.25, 0.3) is 0 Å². The van der Waals surface area contributed by atoms with Crippen LogP contribution in [0.5, 0.6) is 0 Å². The minimum absolute atomic E-state index is 0.127. The van der Waals surface area contributed by atoms with E-state index in [1.807, 2.05) is 18.7 Å². The third-order valence-corrected chi connectivity index (χ3v) is 4.02. The lowest BCUT2D eigenvalue weighted by Gasteiger charge is -2.40. The molecule has 0 aliphatic rings. The Morgan fingerprint density at radius 1 is 1.21 bits per heavy atom. The van der Waals surface area contributed by atoms with E-state index in [1.54, 1.807) is 0 Å². The minimum atomic E-state index is 0.127. The van der Waals surface area contributed by atoms with E-state index in [0.29, 0.717) is 0 Å². The molecule has 0 aliphatic heterocycles. The molecule has 19 heavy (non-hydrogen) atoms. The van der Waals surface area contributed by atoms with Gasteiger partial charge in [-0.1, -0.05) is 37.3 Å². The van der Waals surface area contributed by atoms with E-state index in [4.69, 9.17) is 0 Å². The van der Waals surface area contributed by atoms with Crippen LogP contribution in [0.15, 0.2) is 49.1 Å². The van der Waals surface area contributed by atoms with Crippen molar-refractivity contribution in [1.29, 1.82) is 0 Å². The largest absolute Gasteiger partial charge is 0.336 e. The molecule has 0 N–H and O–H groups in total. The molecule has 1 unspecified atom stereocenters. The molecule has 3 nitrogen and oxygen atoms in total. The van der Waals surface area contributed by atoms with Crippen molar-refractivity contribution in [2.24, 2.45) is 0 Å². The van der Waals surface area contributed by atoms with Crippen LogP contribution in [0, 0.1) is 0 Å². The molecule has 1 heterocycles. The fraction of sp³-hybridized carbons (Fsp3) is 0.438. The summed E-state index contributed by atoms with van der Waals surface area (Å²) in [5, 5.41) is 0. The van der Waals surface area contributed by atoms with Gasteiger partial charge in [0, 0.05) is 24.5 Å². The number of rotatable bonds is 6. The van der Waals surface area contributed by atoms with Crippen LogP contribution >= 0.6 is 0 Å². The fourth-order valence-electron chi connectivity index (χ4n) is 2.60. The zero-order valence-corrected chi connectivity index (χ0v) is 12.1. The fourth-order valence-corrected chi connectivity index (χ4v) is 2.60. The normalized spacial score (nSPS) is 14.5. The monoisotopic (exact) mass is 257 g/mol. The van der Waals surface area contributed by atoms with Crippen LogP contribution in [0.2, 0.25) is 0 Å². The first-order valence-electron chi connectivity index (χ1n) is 6.83. The molecular formula is C16H23N3. The van der Waals surface area contributed by atoms with E-state index in [-0.39, 0.29) is 5.54 Å². The molecule has 0 fully saturated rings. The van der Waals surface area contributed by atoms with Crippen LogP contribution in [-0.4, -0.2) is 34.1 Å². The molecule has 2 aromatic rings. The van der Waals surface area contributed by atoms with Crippen molar-refractivity contribution < 1.29 is 0 Å². The molecular weight excluding hydrogens is 234 g/mol. The standard InChI is InChI=1S/C16H23N3/c1-4-16(18(2)3,13-19-11-10-17-14-19)12-15-8-6-5-7-9-15/h5-11,14H,4,12-13H2,1-3H3. The van der Waals surface area contributed by atoms with Gasteiger partial charge in [0.15, 0.2) is 0 Å². The van der Waals surface area contributed by atoms with Crippen LogP contribution in [0.25, 0.3) is 0 Å². The third kappa shape index (κ3) is 3.24. The Balaban J connectivity index is 2.23. The molecule has 1 aromatic carbocycles. The van der Waals surface area contributed by atoms with Gasteiger partial charge in [-0.25, -0.2) is 4.98 Å². The van der Waals surface area contributed by atoms with Crippen molar-refractivity contribution in [3.63, 3.8) is 0 Å². The van der Waals surface area contributed by atoms with E-state index in [9.17, 15) is 0 Å². The molecule has 0 saturated heterocycles. The first-order valence-corrected chi connectivity index (χ1v) is 6.83. The number of hydrogen-bond donors (Lipinski definition) is 0. The van der Waals surface area contributed by atoms with Crippen LogP contribution in [0.4, 0.5) is 0 Å². The Hall–Kier alpha value is -1.61. The molecule has 0 bridgehead atoms. The molecule has 0 saturated carbocycles. The second-order valence-electron chi connectivity index (χ2n) is 5.37. The van der Waals surface area contributed by atoms with E-state index in [1.165, 1.54) is 5.56 Å². The minimum Gasteiger partial charge on any atom is -0.336 e. The Morgan fingerprint density at radius 3 is 2.47 bits per heavy atom. The second-order valence-corrected chi connectivity index (χ2v) is 5.37. The highest BCUT2D eigenvalue weighted by atomic mass is 15.2. The van der Waals surface area contributed by atoms with Crippen molar-refractivity contribution >= 4 is 0 Å². The Kier molecular flexibility index (Phi) is 4.38. The van der Waals surface area contributed by atoms with Crippen LogP contribution in [0.1, 0.15) is 18.9 Å². The number of likely N-dealkylation sites (N-methyl/N-ethyl adjacent to an activating group) is 1. The SMILES string of the molecule is CCC(Cc1ccccc1)(Cn1ccnc1)N(C)C. The molecule has 3 heteroatoms. The number of hydrogen-bond acceptors (Lipinski definition) is 2. The van der Waals surface area contributed by atoms with Crippen LogP contribution < -0.4 is 0 Å². The second kappa shape index (κ2) is 6.02. The van der Waals surface area contributed by atoms with E-state index in [2.05, 4.69) is 65.8 Å². The van der Waals surface area contributed by atoms with Crippen molar-refractivity contribution in [1.82, 2.24) is 14.5 Å². The molecule has 0 spiro atoms. The van der Waals surface area contributed by atoms with Gasteiger partial charge in [0.2, 0.25) is 0 Å². The van der Waals surface area contributed by atoms with Gasteiger partial charge in [-0.2, -0.15) is 0 Å². The predicted octanol–water partition coefficient (Wildman–Crippen LogP) is 2.84. The number of nitrogens with zero attached hydrogens (tertiary/aromatic N) is 3. The first-order chi connectivity index (χ1) is 9.16. The van der Waals surface area contributed by atoms with Crippen LogP contribution in [0.3, 0.4) is 0 Å². The molecule has 1 atom stereocenters. The summed E-state index contributed by atoms with van der Waals surface area (Å²) < 4.78 is 2.17. The Labute approximate surface area is 115 Å². The third-order valence-electron chi connectivity index (χ3n) is 4.02. The Bertz CT molecular complexity index is 476. The average Bonchev–Trinajstić information content (AvgIpc) is 2.91. The average molecular weight is 257 g/mol.